The van der Waals surface area contributed by atoms with Gasteiger partial charge in [-0.05, 0) is 67.7 Å². The van der Waals surface area contributed by atoms with E-state index >= 15 is 0 Å². The highest BCUT2D eigenvalue weighted by molar-refractivity contribution is 7.90. The second kappa shape index (κ2) is 10.4. The van der Waals surface area contributed by atoms with Gasteiger partial charge in [0.15, 0.2) is 0 Å². The van der Waals surface area contributed by atoms with Crippen LogP contribution in [0.2, 0.25) is 10.0 Å². The predicted molar refractivity (Wildman–Crippen MR) is 167 cm³/mol. The highest BCUT2D eigenvalue weighted by Crippen LogP contribution is 2.56. The molecular formula is C31H33Cl2N5OS. The number of nitrogens with zero attached hydrogens (tertiary/aromatic N) is 3. The molecule has 1 unspecified atom stereocenters. The average molecular weight is 595 g/mol. The van der Waals surface area contributed by atoms with Gasteiger partial charge in [-0.1, -0.05) is 59.6 Å². The number of hydrogen-bond acceptors (Lipinski definition) is 6. The van der Waals surface area contributed by atoms with Crippen LogP contribution in [0.3, 0.4) is 0 Å². The van der Waals surface area contributed by atoms with Crippen LogP contribution in [0, 0.1) is 5.41 Å². The third kappa shape index (κ3) is 4.82. The molecule has 6 nitrogen and oxygen atoms in total. The van der Waals surface area contributed by atoms with Gasteiger partial charge in [-0.2, -0.15) is 5.14 Å². The van der Waals surface area contributed by atoms with Crippen LogP contribution in [-0.4, -0.2) is 32.4 Å². The third-order valence-corrected chi connectivity index (χ3v) is 11.1. The van der Waals surface area contributed by atoms with Crippen molar-refractivity contribution >= 4 is 57.1 Å². The van der Waals surface area contributed by atoms with Crippen molar-refractivity contribution in [1.82, 2.24) is 9.97 Å². The zero-order valence-corrected chi connectivity index (χ0v) is 25.0. The van der Waals surface area contributed by atoms with Crippen molar-refractivity contribution in [2.45, 2.75) is 50.2 Å². The molecule has 4 aromatic rings. The number of nitrogens with two attached hydrogens (primary N) is 2. The Morgan fingerprint density at radius 2 is 1.85 bits per heavy atom. The average Bonchev–Trinajstić information content (AvgIpc) is 3.22. The van der Waals surface area contributed by atoms with Crippen LogP contribution >= 0.6 is 23.2 Å². The Labute approximate surface area is 248 Å². The Bertz CT molecular complexity index is 1590. The van der Waals surface area contributed by atoms with Crippen LogP contribution in [0.1, 0.15) is 50.2 Å². The van der Waals surface area contributed by atoms with E-state index in [1.807, 2.05) is 38.1 Å². The number of nitrogen functional groups attached to an aromatic ring is 1. The molecule has 9 heteroatoms. The van der Waals surface area contributed by atoms with Crippen molar-refractivity contribution < 1.29 is 4.55 Å². The molecule has 1 aliphatic carbocycles. The van der Waals surface area contributed by atoms with Crippen molar-refractivity contribution in [3.63, 3.8) is 0 Å². The Balaban J connectivity index is 1.26. The fourth-order valence-electron chi connectivity index (χ4n) is 6.64. The molecule has 6 rings (SSSR count). The number of rotatable bonds is 5. The summed E-state index contributed by atoms with van der Waals surface area (Å²) < 4.78 is 11.9. The molecule has 2 aromatic heterocycles. The van der Waals surface area contributed by atoms with Crippen LogP contribution in [0.15, 0.2) is 60.8 Å². The first-order valence-corrected chi connectivity index (χ1v) is 15.5. The molecule has 1 fully saturated rings. The molecule has 0 amide bonds. The molecule has 40 heavy (non-hydrogen) atoms. The molecule has 1 aliphatic heterocycles. The Morgan fingerprint density at radius 1 is 1.10 bits per heavy atom. The minimum Gasteiger partial charge on any atom is -0.598 e. The summed E-state index contributed by atoms with van der Waals surface area (Å²) in [5.74, 6) is 1.61. The summed E-state index contributed by atoms with van der Waals surface area (Å²) >= 11 is 11.3. The van der Waals surface area contributed by atoms with Crippen LogP contribution in [0.25, 0.3) is 22.0 Å². The zero-order valence-electron chi connectivity index (χ0n) is 22.7. The first kappa shape index (κ1) is 27.6. The molecule has 2 aliphatic rings. The molecule has 0 saturated carbocycles. The van der Waals surface area contributed by atoms with E-state index in [9.17, 15) is 4.55 Å². The molecule has 1 spiro atoms. The topological polar surface area (TPSA) is 104 Å². The Hall–Kier alpha value is -2.55. The summed E-state index contributed by atoms with van der Waals surface area (Å²) in [6.45, 7) is 5.77. The molecule has 0 radical (unpaired) electrons. The highest BCUT2D eigenvalue weighted by Gasteiger charge is 2.50. The predicted octanol–water partition coefficient (Wildman–Crippen LogP) is 6.90. The highest BCUT2D eigenvalue weighted by atomic mass is 35.5. The quantitative estimate of drug-likeness (QED) is 0.244. The minimum atomic E-state index is -1.39. The van der Waals surface area contributed by atoms with Gasteiger partial charge in [0.2, 0.25) is 0 Å². The van der Waals surface area contributed by atoms with E-state index in [4.69, 9.17) is 44.0 Å². The number of pyridine rings is 2. The maximum atomic E-state index is 12.4. The van der Waals surface area contributed by atoms with Crippen LogP contribution < -0.4 is 15.8 Å². The number of benzene rings is 2. The summed E-state index contributed by atoms with van der Waals surface area (Å²) in [6, 6.07) is 18.3. The first-order chi connectivity index (χ1) is 19.1. The van der Waals surface area contributed by atoms with Gasteiger partial charge in [0, 0.05) is 59.6 Å². The van der Waals surface area contributed by atoms with E-state index in [1.165, 1.54) is 11.1 Å². The second-order valence-electron chi connectivity index (χ2n) is 11.8. The number of anilines is 2. The number of hydrogen-bond donors (Lipinski definition) is 2. The Morgan fingerprint density at radius 3 is 2.60 bits per heavy atom. The van der Waals surface area contributed by atoms with Crippen LogP contribution in [0.4, 0.5) is 11.6 Å². The van der Waals surface area contributed by atoms with Gasteiger partial charge in [0.25, 0.3) is 0 Å². The first-order valence-electron chi connectivity index (χ1n) is 13.6. The fourth-order valence-corrected chi connectivity index (χ4v) is 7.38. The standard InChI is InChI=1S/C31H33Cl2N5OS/c1-30(2,40(35)39)17-24-21-7-4-3-6-19(21)16-31(24)10-12-38(13-11-31)27-15-26-23(29(34)37-27)14-20(18-36-26)22-8-5-9-25(32)28(22)33/h3-9,14-15,18,24H,10-13,16-17,35H2,1-2H3,(H2,34,37)/t24-,40?/m1/s1. The Kier molecular flexibility index (Phi) is 7.16. The van der Waals surface area contributed by atoms with Crippen molar-refractivity contribution in [1.29, 1.82) is 0 Å². The van der Waals surface area contributed by atoms with E-state index in [0.29, 0.717) is 21.8 Å². The maximum absolute atomic E-state index is 12.4. The summed E-state index contributed by atoms with van der Waals surface area (Å²) in [5.41, 5.74) is 11.9. The zero-order chi connectivity index (χ0) is 28.2. The van der Waals surface area contributed by atoms with E-state index in [0.717, 1.165) is 66.6 Å². The van der Waals surface area contributed by atoms with Crippen molar-refractivity contribution in [3.8, 4) is 11.1 Å². The molecule has 1 saturated heterocycles. The lowest BCUT2D eigenvalue weighted by atomic mass is 9.66. The van der Waals surface area contributed by atoms with E-state index < -0.39 is 16.1 Å². The van der Waals surface area contributed by atoms with Gasteiger partial charge in [-0.25, -0.2) is 4.98 Å². The largest absolute Gasteiger partial charge is 0.598 e. The molecule has 4 N–H and O–H groups in total. The molecule has 3 heterocycles. The van der Waals surface area contributed by atoms with Crippen LogP contribution in [0.5, 0.6) is 0 Å². The van der Waals surface area contributed by atoms with Gasteiger partial charge in [0.1, 0.15) is 16.4 Å². The lowest BCUT2D eigenvalue weighted by Gasteiger charge is -2.45. The van der Waals surface area contributed by atoms with Gasteiger partial charge in [-0.3, -0.25) is 4.98 Å². The van der Waals surface area contributed by atoms with E-state index in [-0.39, 0.29) is 5.41 Å². The number of piperidine rings is 1. The summed E-state index contributed by atoms with van der Waals surface area (Å²) in [5, 5.41) is 7.70. The van der Waals surface area contributed by atoms with E-state index in [1.54, 1.807) is 12.3 Å². The summed E-state index contributed by atoms with van der Waals surface area (Å²) in [7, 11) is 0. The molecular weight excluding hydrogens is 561 g/mol. The van der Waals surface area contributed by atoms with Crippen LogP contribution in [-0.2, 0) is 17.8 Å². The summed E-state index contributed by atoms with van der Waals surface area (Å²) in [4.78, 5) is 11.8. The lowest BCUT2D eigenvalue weighted by molar-refractivity contribution is 0.170. The summed E-state index contributed by atoms with van der Waals surface area (Å²) in [6.07, 6.45) is 5.67. The fraction of sp³-hybridized carbons (Fsp3) is 0.355. The maximum Gasteiger partial charge on any atom is 0.140 e. The number of fused-ring (bicyclic) bond motifs is 2. The molecule has 2 aromatic carbocycles. The molecule has 0 bridgehead atoms. The van der Waals surface area contributed by atoms with Crippen molar-refractivity contribution in [2.75, 3.05) is 23.7 Å². The minimum absolute atomic E-state index is 0.114. The lowest BCUT2D eigenvalue weighted by Crippen LogP contribution is -2.46. The van der Waals surface area contributed by atoms with Gasteiger partial charge >= 0.3 is 0 Å². The molecule has 208 valence electrons. The van der Waals surface area contributed by atoms with Gasteiger partial charge in [-0.15, -0.1) is 0 Å². The monoisotopic (exact) mass is 593 g/mol. The van der Waals surface area contributed by atoms with Crippen molar-refractivity contribution in [2.24, 2.45) is 10.6 Å². The number of halogens is 2. The molecule has 2 atom stereocenters. The second-order valence-corrected chi connectivity index (χ2v) is 14.3. The van der Waals surface area contributed by atoms with Gasteiger partial charge < -0.3 is 15.2 Å². The van der Waals surface area contributed by atoms with Crippen molar-refractivity contribution in [3.05, 3.63) is 82.0 Å². The third-order valence-electron chi connectivity index (χ3n) is 8.99. The normalized spacial score (nSPS) is 19.2. The van der Waals surface area contributed by atoms with E-state index in [2.05, 4.69) is 29.2 Å². The smallest absolute Gasteiger partial charge is 0.140 e. The number of aromatic nitrogens is 2. The van der Waals surface area contributed by atoms with Gasteiger partial charge in [0.05, 0.1) is 15.6 Å². The SMILES string of the molecule is CC(C)(C[C@@H]1c2ccccc2CC12CCN(c1cc3ncc(-c4cccc(Cl)c4Cl)cc3c(N)n1)CC2)[S+](N)[O-].